The minimum atomic E-state index is -0.630. The van der Waals surface area contributed by atoms with Crippen molar-refractivity contribution in [2.24, 2.45) is 5.92 Å². The SMILES string of the molecule is CC(C)(C)OC(=O)N1CCC(CN2CCC(Oc3cccc4c3CN(C3CCC(=O)NC3=O)C4=O)CC2)CC1. The molecule has 0 aromatic heterocycles. The first-order chi connectivity index (χ1) is 18.6. The lowest BCUT2D eigenvalue weighted by molar-refractivity contribution is -0.136. The molecule has 4 aliphatic heterocycles. The van der Waals surface area contributed by atoms with E-state index in [1.165, 1.54) is 0 Å². The van der Waals surface area contributed by atoms with Crippen LogP contribution in [0.3, 0.4) is 0 Å². The molecule has 3 fully saturated rings. The molecule has 1 unspecified atom stereocenters. The number of carbonyl (C=O) groups is 4. The summed E-state index contributed by atoms with van der Waals surface area (Å²) in [6.45, 7) is 10.4. The van der Waals surface area contributed by atoms with Gasteiger partial charge in [0.15, 0.2) is 0 Å². The van der Waals surface area contributed by atoms with E-state index in [9.17, 15) is 19.2 Å². The lowest BCUT2D eigenvalue weighted by atomic mass is 9.95. The quantitative estimate of drug-likeness (QED) is 0.572. The number of ether oxygens (including phenoxy) is 2. The van der Waals surface area contributed by atoms with Crippen LogP contribution < -0.4 is 10.1 Å². The van der Waals surface area contributed by atoms with Crippen LogP contribution >= 0.6 is 0 Å². The smallest absolute Gasteiger partial charge is 0.410 e. The maximum absolute atomic E-state index is 13.1. The number of likely N-dealkylation sites (tertiary alicyclic amines) is 2. The van der Waals surface area contributed by atoms with Gasteiger partial charge in [-0.15, -0.1) is 0 Å². The van der Waals surface area contributed by atoms with Gasteiger partial charge in [0.05, 0.1) is 6.54 Å². The number of amides is 4. The highest BCUT2D eigenvalue weighted by Crippen LogP contribution is 2.35. The highest BCUT2D eigenvalue weighted by molar-refractivity contribution is 6.05. The van der Waals surface area contributed by atoms with Gasteiger partial charge in [0.25, 0.3) is 5.91 Å². The maximum Gasteiger partial charge on any atom is 0.410 e. The van der Waals surface area contributed by atoms with Crippen LogP contribution in [0, 0.1) is 5.92 Å². The van der Waals surface area contributed by atoms with Gasteiger partial charge in [-0.25, -0.2) is 4.79 Å². The number of nitrogens with zero attached hydrogens (tertiary/aromatic N) is 3. The van der Waals surface area contributed by atoms with Crippen molar-refractivity contribution in [3.63, 3.8) is 0 Å². The fourth-order valence-electron chi connectivity index (χ4n) is 6.05. The Hall–Kier alpha value is -3.14. The molecule has 1 N–H and O–H groups in total. The van der Waals surface area contributed by atoms with Crippen LogP contribution in [-0.2, 0) is 20.9 Å². The summed E-state index contributed by atoms with van der Waals surface area (Å²) in [5, 5.41) is 2.35. The summed E-state index contributed by atoms with van der Waals surface area (Å²) in [6, 6.07) is 4.89. The van der Waals surface area contributed by atoms with Gasteiger partial charge in [0.2, 0.25) is 11.8 Å². The average Bonchev–Trinajstić information content (AvgIpc) is 3.22. The zero-order valence-electron chi connectivity index (χ0n) is 23.2. The molecule has 5 rings (SSSR count). The standard InChI is InChI=1S/C29H40N4O6/c1-29(2,3)39-28(37)32-15-9-19(10-16-32)17-31-13-11-20(12-14-31)38-24-6-4-5-21-22(24)18-33(27(21)36)23-7-8-25(34)30-26(23)35/h4-6,19-20,23H,7-18H2,1-3H3,(H,30,34,35). The molecule has 0 spiro atoms. The van der Waals surface area contributed by atoms with Crippen molar-refractivity contribution in [1.82, 2.24) is 20.0 Å². The number of hydrogen-bond acceptors (Lipinski definition) is 7. The van der Waals surface area contributed by atoms with E-state index in [-0.39, 0.29) is 30.4 Å². The summed E-state index contributed by atoms with van der Waals surface area (Å²) in [5.41, 5.74) is 0.932. The van der Waals surface area contributed by atoms with Gasteiger partial charge < -0.3 is 24.2 Å². The zero-order chi connectivity index (χ0) is 27.7. The summed E-state index contributed by atoms with van der Waals surface area (Å²) in [5.74, 6) is 0.406. The molecule has 3 saturated heterocycles. The minimum Gasteiger partial charge on any atom is -0.490 e. The summed E-state index contributed by atoms with van der Waals surface area (Å²) >= 11 is 0. The van der Waals surface area contributed by atoms with Gasteiger partial charge >= 0.3 is 6.09 Å². The fraction of sp³-hybridized carbons (Fsp3) is 0.655. The molecule has 1 aromatic rings. The topological polar surface area (TPSA) is 108 Å². The number of nitrogens with one attached hydrogen (secondary N) is 1. The van der Waals surface area contributed by atoms with E-state index in [2.05, 4.69) is 10.2 Å². The van der Waals surface area contributed by atoms with Crippen molar-refractivity contribution < 1.29 is 28.7 Å². The van der Waals surface area contributed by atoms with Crippen LogP contribution in [0.2, 0.25) is 0 Å². The van der Waals surface area contributed by atoms with E-state index in [1.54, 1.807) is 11.0 Å². The fourth-order valence-corrected chi connectivity index (χ4v) is 6.05. The Morgan fingerprint density at radius 2 is 1.72 bits per heavy atom. The van der Waals surface area contributed by atoms with E-state index in [4.69, 9.17) is 9.47 Å². The molecule has 0 radical (unpaired) electrons. The first-order valence-corrected chi connectivity index (χ1v) is 14.2. The molecule has 4 amide bonds. The summed E-state index contributed by atoms with van der Waals surface area (Å²) in [4.78, 5) is 55.2. The molecule has 0 aliphatic carbocycles. The van der Waals surface area contributed by atoms with Gasteiger partial charge in [-0.3, -0.25) is 19.7 Å². The molecule has 1 aromatic carbocycles. The summed E-state index contributed by atoms with van der Waals surface area (Å²) in [6.07, 6.45) is 4.24. The molecule has 4 heterocycles. The number of imide groups is 1. The number of hydrogen-bond donors (Lipinski definition) is 1. The van der Waals surface area contributed by atoms with Crippen molar-refractivity contribution in [3.8, 4) is 5.75 Å². The van der Waals surface area contributed by atoms with Gasteiger partial charge in [-0.05, 0) is 70.9 Å². The summed E-state index contributed by atoms with van der Waals surface area (Å²) < 4.78 is 11.9. The van der Waals surface area contributed by atoms with Crippen LogP contribution in [0.5, 0.6) is 5.75 Å². The Balaban J connectivity index is 1.10. The Morgan fingerprint density at radius 3 is 2.38 bits per heavy atom. The Kier molecular flexibility index (Phi) is 7.84. The van der Waals surface area contributed by atoms with Crippen LogP contribution in [0.1, 0.15) is 75.2 Å². The zero-order valence-corrected chi connectivity index (χ0v) is 23.2. The van der Waals surface area contributed by atoms with Gasteiger partial charge in [-0.2, -0.15) is 0 Å². The van der Waals surface area contributed by atoms with E-state index >= 15 is 0 Å². The molecule has 212 valence electrons. The monoisotopic (exact) mass is 540 g/mol. The highest BCUT2D eigenvalue weighted by atomic mass is 16.6. The molecule has 4 aliphatic rings. The first kappa shape index (κ1) is 27.4. The third kappa shape index (κ3) is 6.37. The van der Waals surface area contributed by atoms with Crippen LogP contribution in [-0.4, -0.2) is 89.0 Å². The van der Waals surface area contributed by atoms with Crippen LogP contribution in [0.4, 0.5) is 4.79 Å². The van der Waals surface area contributed by atoms with Gasteiger partial charge in [0.1, 0.15) is 23.5 Å². The summed E-state index contributed by atoms with van der Waals surface area (Å²) in [7, 11) is 0. The Bertz CT molecular complexity index is 1120. The molecule has 10 nitrogen and oxygen atoms in total. The maximum atomic E-state index is 13.1. The molecule has 39 heavy (non-hydrogen) atoms. The molecule has 10 heteroatoms. The minimum absolute atomic E-state index is 0.0709. The second-order valence-electron chi connectivity index (χ2n) is 12.2. The predicted molar refractivity (Wildman–Crippen MR) is 143 cm³/mol. The van der Waals surface area contributed by atoms with Crippen LogP contribution in [0.15, 0.2) is 18.2 Å². The number of fused-ring (bicyclic) bond motifs is 1. The lowest BCUT2D eigenvalue weighted by Crippen LogP contribution is -2.52. The second kappa shape index (κ2) is 11.2. The highest BCUT2D eigenvalue weighted by Gasteiger charge is 2.40. The molecule has 0 saturated carbocycles. The van der Waals surface area contributed by atoms with E-state index in [0.717, 1.165) is 64.0 Å². The van der Waals surface area contributed by atoms with Gasteiger partial charge in [-0.1, -0.05) is 6.07 Å². The van der Waals surface area contributed by atoms with Crippen molar-refractivity contribution in [2.75, 3.05) is 32.7 Å². The van der Waals surface area contributed by atoms with Crippen molar-refractivity contribution in [1.29, 1.82) is 0 Å². The molecular formula is C29H40N4O6. The number of carbonyl (C=O) groups excluding carboxylic acids is 4. The van der Waals surface area contributed by atoms with Crippen molar-refractivity contribution in [2.45, 2.75) is 83.6 Å². The first-order valence-electron chi connectivity index (χ1n) is 14.2. The largest absolute Gasteiger partial charge is 0.490 e. The van der Waals surface area contributed by atoms with Gasteiger partial charge in [0, 0.05) is 50.3 Å². The lowest BCUT2D eigenvalue weighted by Gasteiger charge is -2.38. The van der Waals surface area contributed by atoms with E-state index in [0.29, 0.717) is 30.2 Å². The third-order valence-electron chi connectivity index (χ3n) is 8.15. The van der Waals surface area contributed by atoms with Crippen molar-refractivity contribution in [3.05, 3.63) is 29.3 Å². The predicted octanol–water partition coefficient (Wildman–Crippen LogP) is 2.94. The second-order valence-corrected chi connectivity index (χ2v) is 12.2. The third-order valence-corrected chi connectivity index (χ3v) is 8.15. The molecule has 0 bridgehead atoms. The number of piperidine rings is 3. The van der Waals surface area contributed by atoms with Crippen molar-refractivity contribution >= 4 is 23.8 Å². The Labute approximate surface area is 230 Å². The molecular weight excluding hydrogens is 500 g/mol. The average molecular weight is 541 g/mol. The molecule has 1 atom stereocenters. The number of rotatable bonds is 5. The van der Waals surface area contributed by atoms with E-state index < -0.39 is 17.6 Å². The number of benzene rings is 1. The van der Waals surface area contributed by atoms with Crippen LogP contribution in [0.25, 0.3) is 0 Å². The Morgan fingerprint density at radius 1 is 1.00 bits per heavy atom. The normalized spacial score (nSPS) is 23.6. The van der Waals surface area contributed by atoms with E-state index in [1.807, 2.05) is 37.8 Å².